The molecule has 82 valence electrons. The number of hydrogen-bond donors (Lipinski definition) is 0. The Morgan fingerprint density at radius 2 is 2.06 bits per heavy atom. The van der Waals surface area contributed by atoms with Gasteiger partial charge >= 0.3 is 0 Å². The Labute approximate surface area is 103 Å². The van der Waals surface area contributed by atoms with E-state index in [1.54, 1.807) is 12.4 Å². The van der Waals surface area contributed by atoms with Crippen LogP contribution in [0.5, 0.6) is 5.88 Å². The maximum absolute atomic E-state index is 5.54. The Balaban J connectivity index is 1.99. The highest BCUT2D eigenvalue weighted by atomic mass is 79.9. The molecule has 0 aliphatic carbocycles. The van der Waals surface area contributed by atoms with Gasteiger partial charge in [0.25, 0.3) is 0 Å². The van der Waals surface area contributed by atoms with Crippen LogP contribution in [0.15, 0.2) is 42.7 Å². The average molecular weight is 279 g/mol. The van der Waals surface area contributed by atoms with E-state index in [1.165, 1.54) is 0 Å². The van der Waals surface area contributed by atoms with Gasteiger partial charge in [-0.2, -0.15) is 0 Å². The number of pyridine rings is 2. The first-order valence-electron chi connectivity index (χ1n) is 4.92. The number of hydrogen-bond acceptors (Lipinski definition) is 3. The molecule has 0 spiro atoms. The van der Waals surface area contributed by atoms with E-state index in [0.717, 1.165) is 16.6 Å². The van der Waals surface area contributed by atoms with Gasteiger partial charge in [-0.3, -0.25) is 4.98 Å². The molecule has 0 unspecified atom stereocenters. The largest absolute Gasteiger partial charge is 0.471 e. The molecule has 2 aromatic rings. The molecule has 0 N–H and O–H groups in total. The third-order valence-electron chi connectivity index (χ3n) is 2.05. The van der Waals surface area contributed by atoms with Crippen molar-refractivity contribution in [3.63, 3.8) is 0 Å². The SMILES string of the molecule is BrCc1ccnc(OCc2ccccn2)c1. The van der Waals surface area contributed by atoms with Crippen molar-refractivity contribution in [2.75, 3.05) is 0 Å². The summed E-state index contributed by atoms with van der Waals surface area (Å²) in [7, 11) is 0. The van der Waals surface area contributed by atoms with E-state index >= 15 is 0 Å². The van der Waals surface area contributed by atoms with Crippen LogP contribution in [0.3, 0.4) is 0 Å². The second-order valence-electron chi connectivity index (χ2n) is 3.25. The molecule has 2 aromatic heterocycles. The Kier molecular flexibility index (Phi) is 3.88. The minimum Gasteiger partial charge on any atom is -0.471 e. The van der Waals surface area contributed by atoms with Crippen molar-refractivity contribution < 1.29 is 4.74 Å². The van der Waals surface area contributed by atoms with Gasteiger partial charge in [0.15, 0.2) is 0 Å². The average Bonchev–Trinajstić information content (AvgIpc) is 2.38. The minimum absolute atomic E-state index is 0.444. The van der Waals surface area contributed by atoms with Gasteiger partial charge in [-0.15, -0.1) is 0 Å². The smallest absolute Gasteiger partial charge is 0.213 e. The molecule has 0 bridgehead atoms. The number of ether oxygens (including phenoxy) is 1. The van der Waals surface area contributed by atoms with Crippen molar-refractivity contribution in [3.8, 4) is 5.88 Å². The molecule has 0 saturated heterocycles. The summed E-state index contributed by atoms with van der Waals surface area (Å²) in [5, 5.41) is 0.801. The summed E-state index contributed by atoms with van der Waals surface area (Å²) in [6.45, 7) is 0.444. The van der Waals surface area contributed by atoms with Gasteiger partial charge in [-0.05, 0) is 23.8 Å². The Hall–Kier alpha value is -1.42. The fourth-order valence-corrected chi connectivity index (χ4v) is 1.59. The zero-order valence-electron chi connectivity index (χ0n) is 8.64. The zero-order chi connectivity index (χ0) is 11.2. The van der Waals surface area contributed by atoms with Crippen LogP contribution in [0.4, 0.5) is 0 Å². The second-order valence-corrected chi connectivity index (χ2v) is 3.81. The van der Waals surface area contributed by atoms with Gasteiger partial charge in [0.05, 0.1) is 5.69 Å². The first-order chi connectivity index (χ1) is 7.88. The molecule has 2 heterocycles. The molecule has 0 saturated carbocycles. The van der Waals surface area contributed by atoms with Gasteiger partial charge in [-0.25, -0.2) is 4.98 Å². The lowest BCUT2D eigenvalue weighted by Crippen LogP contribution is -1.99. The lowest BCUT2D eigenvalue weighted by atomic mass is 10.3. The number of rotatable bonds is 4. The first kappa shape index (κ1) is 11.1. The van der Waals surface area contributed by atoms with Crippen molar-refractivity contribution in [2.45, 2.75) is 11.9 Å². The standard InChI is InChI=1S/C12H11BrN2O/c13-8-10-4-6-15-12(7-10)16-9-11-3-1-2-5-14-11/h1-7H,8-9H2. The molecule has 0 aliphatic heterocycles. The van der Waals surface area contributed by atoms with Crippen molar-refractivity contribution in [3.05, 3.63) is 54.0 Å². The summed E-state index contributed by atoms with van der Waals surface area (Å²) in [4.78, 5) is 8.31. The molecule has 0 radical (unpaired) electrons. The fraction of sp³-hybridized carbons (Fsp3) is 0.167. The normalized spacial score (nSPS) is 10.1. The molecule has 0 aromatic carbocycles. The van der Waals surface area contributed by atoms with Crippen LogP contribution in [0.1, 0.15) is 11.3 Å². The van der Waals surface area contributed by atoms with E-state index in [1.807, 2.05) is 30.3 Å². The van der Waals surface area contributed by atoms with Crippen LogP contribution in [0.25, 0.3) is 0 Å². The molecule has 16 heavy (non-hydrogen) atoms. The van der Waals surface area contributed by atoms with Crippen LogP contribution in [-0.2, 0) is 11.9 Å². The summed E-state index contributed by atoms with van der Waals surface area (Å²) in [6, 6.07) is 9.61. The van der Waals surface area contributed by atoms with E-state index in [0.29, 0.717) is 12.5 Å². The number of aromatic nitrogens is 2. The summed E-state index contributed by atoms with van der Waals surface area (Å²) in [6.07, 6.45) is 3.49. The van der Waals surface area contributed by atoms with E-state index in [2.05, 4.69) is 25.9 Å². The van der Waals surface area contributed by atoms with Gasteiger partial charge in [0, 0.05) is 23.8 Å². The molecular weight excluding hydrogens is 268 g/mol. The summed E-state index contributed by atoms with van der Waals surface area (Å²) in [5.74, 6) is 0.627. The summed E-state index contributed by atoms with van der Waals surface area (Å²) in [5.41, 5.74) is 2.04. The molecule has 2 rings (SSSR count). The van der Waals surface area contributed by atoms with Gasteiger partial charge in [-0.1, -0.05) is 22.0 Å². The maximum atomic E-state index is 5.54. The van der Waals surface area contributed by atoms with E-state index in [9.17, 15) is 0 Å². The molecule has 0 fully saturated rings. The molecule has 0 atom stereocenters. The van der Waals surface area contributed by atoms with Crippen LogP contribution < -0.4 is 4.74 Å². The van der Waals surface area contributed by atoms with Gasteiger partial charge in [0.1, 0.15) is 6.61 Å². The van der Waals surface area contributed by atoms with E-state index < -0.39 is 0 Å². The minimum atomic E-state index is 0.444. The molecular formula is C12H11BrN2O. The first-order valence-corrected chi connectivity index (χ1v) is 6.04. The Bertz CT molecular complexity index is 448. The van der Waals surface area contributed by atoms with Crippen molar-refractivity contribution in [2.24, 2.45) is 0 Å². The highest BCUT2D eigenvalue weighted by Gasteiger charge is 1.98. The Morgan fingerprint density at radius 1 is 1.12 bits per heavy atom. The van der Waals surface area contributed by atoms with Crippen LogP contribution in [0, 0.1) is 0 Å². The van der Waals surface area contributed by atoms with Crippen LogP contribution in [-0.4, -0.2) is 9.97 Å². The van der Waals surface area contributed by atoms with Gasteiger partial charge < -0.3 is 4.74 Å². The lowest BCUT2D eigenvalue weighted by molar-refractivity contribution is 0.289. The highest BCUT2D eigenvalue weighted by molar-refractivity contribution is 9.08. The molecule has 4 heteroatoms. The quantitative estimate of drug-likeness (QED) is 0.807. The van der Waals surface area contributed by atoms with E-state index in [4.69, 9.17) is 4.74 Å². The van der Waals surface area contributed by atoms with Crippen molar-refractivity contribution in [1.29, 1.82) is 0 Å². The fourth-order valence-electron chi connectivity index (χ4n) is 1.24. The predicted molar refractivity (Wildman–Crippen MR) is 65.4 cm³/mol. The topological polar surface area (TPSA) is 35.0 Å². The second kappa shape index (κ2) is 5.61. The molecule has 0 aliphatic rings. The number of nitrogens with zero attached hydrogens (tertiary/aromatic N) is 2. The molecule has 0 amide bonds. The van der Waals surface area contributed by atoms with Gasteiger partial charge in [0.2, 0.25) is 5.88 Å². The monoisotopic (exact) mass is 278 g/mol. The van der Waals surface area contributed by atoms with Crippen LogP contribution >= 0.6 is 15.9 Å². The van der Waals surface area contributed by atoms with E-state index in [-0.39, 0.29) is 0 Å². The number of alkyl halides is 1. The van der Waals surface area contributed by atoms with Crippen molar-refractivity contribution >= 4 is 15.9 Å². The molecule has 3 nitrogen and oxygen atoms in total. The number of halogens is 1. The highest BCUT2D eigenvalue weighted by Crippen LogP contribution is 2.13. The summed E-state index contributed by atoms with van der Waals surface area (Å²) >= 11 is 3.39. The third kappa shape index (κ3) is 3.03. The third-order valence-corrected chi connectivity index (χ3v) is 2.70. The Morgan fingerprint density at radius 3 is 2.81 bits per heavy atom. The lowest BCUT2D eigenvalue weighted by Gasteiger charge is -2.05. The maximum Gasteiger partial charge on any atom is 0.213 e. The van der Waals surface area contributed by atoms with Crippen LogP contribution in [0.2, 0.25) is 0 Å². The van der Waals surface area contributed by atoms with Crippen molar-refractivity contribution in [1.82, 2.24) is 9.97 Å². The predicted octanol–water partition coefficient (Wildman–Crippen LogP) is 2.95. The zero-order valence-corrected chi connectivity index (χ0v) is 10.2. The summed E-state index contributed by atoms with van der Waals surface area (Å²) < 4.78 is 5.54.